The first-order chi connectivity index (χ1) is 6.88. The van der Waals surface area contributed by atoms with Gasteiger partial charge in [0.25, 0.3) is 0 Å². The normalized spacial score (nSPS) is 13.9. The molecule has 1 unspecified atom stereocenters. The molecule has 0 saturated heterocycles. The van der Waals surface area contributed by atoms with E-state index in [1.165, 1.54) is 12.1 Å². The van der Waals surface area contributed by atoms with Gasteiger partial charge in [-0.1, -0.05) is 17.7 Å². The molecule has 84 valence electrons. The summed E-state index contributed by atoms with van der Waals surface area (Å²) in [5.41, 5.74) is 5.86. The van der Waals surface area contributed by atoms with Crippen molar-refractivity contribution >= 4 is 21.4 Å². The molecule has 0 saturated carbocycles. The molecule has 0 radical (unpaired) electrons. The Morgan fingerprint density at radius 2 is 2.13 bits per heavy atom. The SMILES string of the molecule is CS(=O)(=O)c1cccc(Cl)c1C(N)CO. The lowest BCUT2D eigenvalue weighted by molar-refractivity contribution is 0.266. The summed E-state index contributed by atoms with van der Waals surface area (Å²) in [4.78, 5) is 0.0663. The molecule has 1 atom stereocenters. The monoisotopic (exact) mass is 249 g/mol. The number of halogens is 1. The second-order valence-electron chi connectivity index (χ2n) is 3.21. The van der Waals surface area contributed by atoms with E-state index in [0.29, 0.717) is 0 Å². The van der Waals surface area contributed by atoms with Crippen molar-refractivity contribution in [3.05, 3.63) is 28.8 Å². The van der Waals surface area contributed by atoms with E-state index in [4.69, 9.17) is 22.4 Å². The average Bonchev–Trinajstić information content (AvgIpc) is 2.15. The summed E-state index contributed by atoms with van der Waals surface area (Å²) < 4.78 is 22.9. The van der Waals surface area contributed by atoms with Gasteiger partial charge in [-0.2, -0.15) is 0 Å². The molecule has 6 heteroatoms. The van der Waals surface area contributed by atoms with Crippen LogP contribution in [-0.2, 0) is 9.84 Å². The molecule has 1 rings (SSSR count). The van der Waals surface area contributed by atoms with Crippen molar-refractivity contribution in [1.29, 1.82) is 0 Å². The van der Waals surface area contributed by atoms with Gasteiger partial charge in [-0.3, -0.25) is 0 Å². The van der Waals surface area contributed by atoms with E-state index in [-0.39, 0.29) is 22.1 Å². The van der Waals surface area contributed by atoms with Crippen molar-refractivity contribution < 1.29 is 13.5 Å². The number of benzene rings is 1. The summed E-state index contributed by atoms with van der Waals surface area (Å²) in [6.45, 7) is -0.355. The van der Waals surface area contributed by atoms with Gasteiger partial charge < -0.3 is 10.8 Å². The van der Waals surface area contributed by atoms with Crippen LogP contribution >= 0.6 is 11.6 Å². The standard InChI is InChI=1S/C9H12ClNO3S/c1-15(13,14)8-4-2-3-6(10)9(8)7(11)5-12/h2-4,7,12H,5,11H2,1H3. The zero-order valence-corrected chi connectivity index (χ0v) is 9.72. The molecule has 4 nitrogen and oxygen atoms in total. The predicted molar refractivity (Wildman–Crippen MR) is 58.6 cm³/mol. The van der Waals surface area contributed by atoms with Crippen LogP contribution in [0.5, 0.6) is 0 Å². The highest BCUT2D eigenvalue weighted by molar-refractivity contribution is 7.90. The highest BCUT2D eigenvalue weighted by Crippen LogP contribution is 2.28. The molecular formula is C9H12ClNO3S. The van der Waals surface area contributed by atoms with Gasteiger partial charge in [-0.25, -0.2) is 8.42 Å². The van der Waals surface area contributed by atoms with Crippen LogP contribution in [0.2, 0.25) is 5.02 Å². The van der Waals surface area contributed by atoms with Gasteiger partial charge in [0.15, 0.2) is 9.84 Å². The van der Waals surface area contributed by atoms with Crippen molar-refractivity contribution in [2.24, 2.45) is 5.73 Å². The molecule has 0 aliphatic heterocycles. The molecule has 0 aliphatic carbocycles. The van der Waals surface area contributed by atoms with Crippen LogP contribution in [0, 0.1) is 0 Å². The Morgan fingerprint density at radius 3 is 2.60 bits per heavy atom. The maximum atomic E-state index is 11.4. The second kappa shape index (κ2) is 4.49. The Bertz CT molecular complexity index is 458. The van der Waals surface area contributed by atoms with Crippen LogP contribution < -0.4 is 5.73 Å². The van der Waals surface area contributed by atoms with Crippen LogP contribution in [0.1, 0.15) is 11.6 Å². The number of aliphatic hydroxyl groups is 1. The zero-order chi connectivity index (χ0) is 11.6. The first kappa shape index (κ1) is 12.4. The molecule has 0 amide bonds. The van der Waals surface area contributed by atoms with Gasteiger partial charge in [-0.05, 0) is 12.1 Å². The topological polar surface area (TPSA) is 80.4 Å². The predicted octanol–water partition coefficient (Wildman–Crippen LogP) is 0.736. The molecule has 1 aromatic carbocycles. The molecule has 0 spiro atoms. The molecule has 1 aromatic rings. The zero-order valence-electron chi connectivity index (χ0n) is 8.14. The minimum absolute atomic E-state index is 0.0663. The van der Waals surface area contributed by atoms with Gasteiger partial charge in [0, 0.05) is 16.8 Å². The van der Waals surface area contributed by atoms with Gasteiger partial charge >= 0.3 is 0 Å². The van der Waals surface area contributed by atoms with Crippen molar-refractivity contribution in [3.8, 4) is 0 Å². The van der Waals surface area contributed by atoms with E-state index >= 15 is 0 Å². The van der Waals surface area contributed by atoms with Crippen LogP contribution in [0.15, 0.2) is 23.1 Å². The third-order valence-electron chi connectivity index (χ3n) is 1.98. The molecule has 3 N–H and O–H groups in total. The molecule has 0 heterocycles. The van der Waals surface area contributed by atoms with Gasteiger partial charge in [0.2, 0.25) is 0 Å². The summed E-state index contributed by atoms with van der Waals surface area (Å²) in [5, 5.41) is 9.17. The lowest BCUT2D eigenvalue weighted by atomic mass is 10.1. The molecule has 15 heavy (non-hydrogen) atoms. The van der Waals surface area contributed by atoms with E-state index in [0.717, 1.165) is 6.26 Å². The summed E-state index contributed by atoms with van der Waals surface area (Å²) in [7, 11) is -3.39. The Balaban J connectivity index is 3.47. The number of nitrogens with two attached hydrogens (primary N) is 1. The number of sulfone groups is 1. The molecule has 0 fully saturated rings. The Hall–Kier alpha value is -0.620. The van der Waals surface area contributed by atoms with Crippen molar-refractivity contribution in [2.45, 2.75) is 10.9 Å². The number of hydrogen-bond donors (Lipinski definition) is 2. The fraction of sp³-hybridized carbons (Fsp3) is 0.333. The van der Waals surface area contributed by atoms with Gasteiger partial charge in [-0.15, -0.1) is 0 Å². The first-order valence-electron chi connectivity index (χ1n) is 4.23. The van der Waals surface area contributed by atoms with Crippen LogP contribution in [0.25, 0.3) is 0 Å². The van der Waals surface area contributed by atoms with E-state index < -0.39 is 15.9 Å². The highest BCUT2D eigenvalue weighted by atomic mass is 35.5. The fourth-order valence-corrected chi connectivity index (χ4v) is 2.65. The second-order valence-corrected chi connectivity index (χ2v) is 5.60. The molecular weight excluding hydrogens is 238 g/mol. The van der Waals surface area contributed by atoms with E-state index in [9.17, 15) is 8.42 Å². The van der Waals surface area contributed by atoms with Crippen LogP contribution in [0.4, 0.5) is 0 Å². The van der Waals surface area contributed by atoms with E-state index in [1.807, 2.05) is 0 Å². The van der Waals surface area contributed by atoms with Crippen LogP contribution in [0.3, 0.4) is 0 Å². The van der Waals surface area contributed by atoms with Gasteiger partial charge in [0.1, 0.15) is 0 Å². The Morgan fingerprint density at radius 1 is 1.53 bits per heavy atom. The third-order valence-corrected chi connectivity index (χ3v) is 3.46. The first-order valence-corrected chi connectivity index (χ1v) is 6.49. The lowest BCUT2D eigenvalue weighted by Gasteiger charge is -2.14. The molecule has 0 aromatic heterocycles. The van der Waals surface area contributed by atoms with E-state index in [2.05, 4.69) is 0 Å². The van der Waals surface area contributed by atoms with E-state index in [1.54, 1.807) is 6.07 Å². The Kier molecular flexibility index (Phi) is 3.72. The maximum Gasteiger partial charge on any atom is 0.175 e. The largest absolute Gasteiger partial charge is 0.394 e. The molecule has 0 aliphatic rings. The minimum Gasteiger partial charge on any atom is -0.394 e. The average molecular weight is 250 g/mol. The summed E-state index contributed by atoms with van der Waals surface area (Å²) in [6, 6.07) is 3.71. The van der Waals surface area contributed by atoms with Crippen LogP contribution in [-0.4, -0.2) is 26.4 Å². The Labute approximate surface area is 93.6 Å². The number of hydrogen-bond acceptors (Lipinski definition) is 4. The fourth-order valence-electron chi connectivity index (χ4n) is 1.29. The van der Waals surface area contributed by atoms with Gasteiger partial charge in [0.05, 0.1) is 17.5 Å². The maximum absolute atomic E-state index is 11.4. The smallest absolute Gasteiger partial charge is 0.175 e. The number of aliphatic hydroxyl groups excluding tert-OH is 1. The summed E-state index contributed by atoms with van der Waals surface area (Å²) in [5.74, 6) is 0. The van der Waals surface area contributed by atoms with Crippen molar-refractivity contribution in [2.75, 3.05) is 12.9 Å². The van der Waals surface area contributed by atoms with Crippen molar-refractivity contribution in [3.63, 3.8) is 0 Å². The minimum atomic E-state index is -3.39. The highest BCUT2D eigenvalue weighted by Gasteiger charge is 2.20. The lowest BCUT2D eigenvalue weighted by Crippen LogP contribution is -2.18. The van der Waals surface area contributed by atoms with Crippen molar-refractivity contribution in [1.82, 2.24) is 0 Å². The quantitative estimate of drug-likeness (QED) is 0.828. The number of rotatable bonds is 3. The summed E-state index contributed by atoms with van der Waals surface area (Å²) >= 11 is 5.85. The molecule has 0 bridgehead atoms. The summed E-state index contributed by atoms with van der Waals surface area (Å²) in [6.07, 6.45) is 1.08. The third kappa shape index (κ3) is 2.69.